The van der Waals surface area contributed by atoms with Crippen LogP contribution in [0.25, 0.3) is 0 Å². The summed E-state index contributed by atoms with van der Waals surface area (Å²) >= 11 is 2.13. The second-order valence-corrected chi connectivity index (χ2v) is 11.1. The van der Waals surface area contributed by atoms with Gasteiger partial charge in [0.25, 0.3) is 5.91 Å². The SMILES string of the molecule is O=C(COC(=O)c1ccc(I)cc1)Nc1cc(S(=O)(=O)N2CCOCC2)ccc1N1CCOCC1. The Morgan fingerprint density at radius 2 is 1.57 bits per heavy atom. The van der Waals surface area contributed by atoms with Gasteiger partial charge in [0.15, 0.2) is 6.61 Å². The van der Waals surface area contributed by atoms with Crippen LogP contribution in [-0.4, -0.2) is 83.8 Å². The van der Waals surface area contributed by atoms with Gasteiger partial charge in [-0.3, -0.25) is 4.79 Å². The van der Waals surface area contributed by atoms with Gasteiger partial charge in [0, 0.05) is 29.7 Å². The number of carbonyl (C=O) groups is 2. The standard InChI is InChI=1S/C23H26IN3O7S/c24-18-3-1-17(2-4-18)23(29)34-16-22(28)25-20-15-19(35(30,31)27-9-13-33-14-10-27)5-6-21(20)26-7-11-32-12-8-26/h1-6,15H,7-14,16H2,(H,25,28). The highest BCUT2D eigenvalue weighted by Gasteiger charge is 2.28. The lowest BCUT2D eigenvalue weighted by atomic mass is 10.2. The van der Waals surface area contributed by atoms with E-state index in [0.717, 1.165) is 3.57 Å². The third-order valence-electron chi connectivity index (χ3n) is 5.62. The maximum atomic E-state index is 13.2. The number of carbonyl (C=O) groups excluding carboxylic acids is 2. The lowest BCUT2D eigenvalue weighted by Gasteiger charge is -2.31. The Labute approximate surface area is 217 Å². The van der Waals surface area contributed by atoms with Crippen LogP contribution in [0.3, 0.4) is 0 Å². The van der Waals surface area contributed by atoms with Crippen molar-refractivity contribution in [1.29, 1.82) is 0 Å². The van der Waals surface area contributed by atoms with E-state index in [1.807, 2.05) is 4.90 Å². The molecule has 2 aromatic carbocycles. The van der Waals surface area contributed by atoms with E-state index in [1.54, 1.807) is 36.4 Å². The summed E-state index contributed by atoms with van der Waals surface area (Å²) in [7, 11) is -3.76. The Morgan fingerprint density at radius 3 is 2.23 bits per heavy atom. The number of benzene rings is 2. The second-order valence-electron chi connectivity index (χ2n) is 7.93. The number of hydrogen-bond donors (Lipinski definition) is 1. The topological polar surface area (TPSA) is 114 Å². The largest absolute Gasteiger partial charge is 0.452 e. The van der Waals surface area contributed by atoms with Crippen LogP contribution in [0.15, 0.2) is 47.4 Å². The van der Waals surface area contributed by atoms with Gasteiger partial charge in [0.2, 0.25) is 10.0 Å². The zero-order valence-corrected chi connectivity index (χ0v) is 21.9. The third-order valence-corrected chi connectivity index (χ3v) is 8.23. The number of nitrogens with one attached hydrogen (secondary N) is 1. The monoisotopic (exact) mass is 615 g/mol. The van der Waals surface area contributed by atoms with E-state index in [0.29, 0.717) is 56.5 Å². The van der Waals surface area contributed by atoms with E-state index in [9.17, 15) is 18.0 Å². The van der Waals surface area contributed by atoms with Crippen molar-refractivity contribution < 1.29 is 32.2 Å². The molecule has 2 heterocycles. The first-order valence-corrected chi connectivity index (χ1v) is 13.6. The molecule has 35 heavy (non-hydrogen) atoms. The van der Waals surface area contributed by atoms with Gasteiger partial charge >= 0.3 is 5.97 Å². The van der Waals surface area contributed by atoms with E-state index >= 15 is 0 Å². The fourth-order valence-electron chi connectivity index (χ4n) is 3.78. The van der Waals surface area contributed by atoms with Gasteiger partial charge in [-0.25, -0.2) is 13.2 Å². The fraction of sp³-hybridized carbons (Fsp3) is 0.391. The number of ether oxygens (including phenoxy) is 3. The summed E-state index contributed by atoms with van der Waals surface area (Å²) in [4.78, 5) is 27.0. The van der Waals surface area contributed by atoms with Crippen molar-refractivity contribution in [2.45, 2.75) is 4.90 Å². The highest BCUT2D eigenvalue weighted by Crippen LogP contribution is 2.31. The molecule has 12 heteroatoms. The number of esters is 1. The molecule has 10 nitrogen and oxygen atoms in total. The number of amides is 1. The van der Waals surface area contributed by atoms with Gasteiger partial charge in [0.1, 0.15) is 0 Å². The van der Waals surface area contributed by atoms with E-state index in [4.69, 9.17) is 14.2 Å². The summed E-state index contributed by atoms with van der Waals surface area (Å²) in [5.41, 5.74) is 1.34. The molecule has 2 aliphatic rings. The second kappa shape index (κ2) is 11.6. The van der Waals surface area contributed by atoms with Crippen molar-refractivity contribution in [2.24, 2.45) is 0 Å². The Bertz CT molecular complexity index is 1160. The molecule has 2 fully saturated rings. The summed E-state index contributed by atoms with van der Waals surface area (Å²) in [5.74, 6) is -1.19. The molecule has 4 rings (SSSR count). The van der Waals surface area contributed by atoms with Crippen LogP contribution in [0.5, 0.6) is 0 Å². The Kier molecular flexibility index (Phi) is 8.59. The highest BCUT2D eigenvalue weighted by atomic mass is 127. The lowest BCUT2D eigenvalue weighted by molar-refractivity contribution is -0.119. The first-order chi connectivity index (χ1) is 16.8. The molecule has 1 N–H and O–H groups in total. The summed E-state index contributed by atoms with van der Waals surface area (Å²) in [6, 6.07) is 11.5. The molecule has 0 atom stereocenters. The molecule has 188 valence electrons. The van der Waals surface area contributed by atoms with E-state index in [2.05, 4.69) is 27.9 Å². The van der Waals surface area contributed by atoms with Crippen molar-refractivity contribution in [3.63, 3.8) is 0 Å². The highest BCUT2D eigenvalue weighted by molar-refractivity contribution is 14.1. The van der Waals surface area contributed by atoms with Crippen LogP contribution in [0.2, 0.25) is 0 Å². The van der Waals surface area contributed by atoms with Gasteiger partial charge in [0.05, 0.1) is 48.3 Å². The summed E-state index contributed by atoms with van der Waals surface area (Å²) < 4.78 is 44.5. The Hall–Kier alpha value is -2.26. The molecule has 0 aliphatic carbocycles. The summed E-state index contributed by atoms with van der Waals surface area (Å²) in [6.45, 7) is 2.94. The first kappa shape index (κ1) is 25.8. The smallest absolute Gasteiger partial charge is 0.338 e. The predicted octanol–water partition coefficient (Wildman–Crippen LogP) is 1.94. The first-order valence-electron chi connectivity index (χ1n) is 11.1. The maximum absolute atomic E-state index is 13.2. The van der Waals surface area contributed by atoms with Crippen molar-refractivity contribution in [3.05, 3.63) is 51.6 Å². The minimum absolute atomic E-state index is 0.0718. The predicted molar refractivity (Wildman–Crippen MR) is 137 cm³/mol. The Morgan fingerprint density at radius 1 is 0.943 bits per heavy atom. The lowest BCUT2D eigenvalue weighted by Crippen LogP contribution is -2.40. The van der Waals surface area contributed by atoms with E-state index in [-0.39, 0.29) is 18.0 Å². The van der Waals surface area contributed by atoms with Gasteiger partial charge in [-0.1, -0.05) is 0 Å². The van der Waals surface area contributed by atoms with Crippen molar-refractivity contribution >= 4 is 55.9 Å². The van der Waals surface area contributed by atoms with Crippen molar-refractivity contribution in [1.82, 2.24) is 4.31 Å². The molecule has 0 spiro atoms. The van der Waals surface area contributed by atoms with E-state index in [1.165, 1.54) is 10.4 Å². The molecule has 2 saturated heterocycles. The maximum Gasteiger partial charge on any atom is 0.338 e. The average Bonchev–Trinajstić information content (AvgIpc) is 2.88. The van der Waals surface area contributed by atoms with Crippen molar-refractivity contribution in [2.75, 3.05) is 69.4 Å². The average molecular weight is 615 g/mol. The third kappa shape index (κ3) is 6.50. The summed E-state index contributed by atoms with van der Waals surface area (Å²) in [5, 5.41) is 2.73. The molecule has 2 aliphatic heterocycles. The number of sulfonamides is 1. The quantitative estimate of drug-likeness (QED) is 0.372. The molecular weight excluding hydrogens is 589 g/mol. The van der Waals surface area contributed by atoms with Crippen LogP contribution in [-0.2, 0) is 29.0 Å². The van der Waals surface area contributed by atoms with E-state index < -0.39 is 28.5 Å². The van der Waals surface area contributed by atoms with Gasteiger partial charge < -0.3 is 24.4 Å². The molecular formula is C23H26IN3O7S. The molecule has 0 bridgehead atoms. The zero-order chi connectivity index (χ0) is 24.8. The fourth-order valence-corrected chi connectivity index (χ4v) is 5.57. The zero-order valence-electron chi connectivity index (χ0n) is 18.9. The minimum atomic E-state index is -3.76. The van der Waals surface area contributed by atoms with Crippen LogP contribution in [0.4, 0.5) is 11.4 Å². The number of halogens is 1. The van der Waals surface area contributed by atoms with Gasteiger partial charge in [-0.15, -0.1) is 0 Å². The molecule has 0 unspecified atom stereocenters. The van der Waals surface area contributed by atoms with Crippen molar-refractivity contribution in [3.8, 4) is 0 Å². The molecule has 0 aromatic heterocycles. The molecule has 1 amide bonds. The number of anilines is 2. The number of rotatable bonds is 7. The van der Waals surface area contributed by atoms with Crippen LogP contribution < -0.4 is 10.2 Å². The van der Waals surface area contributed by atoms with Crippen LogP contribution >= 0.6 is 22.6 Å². The van der Waals surface area contributed by atoms with Gasteiger partial charge in [-0.2, -0.15) is 4.31 Å². The normalized spacial score (nSPS) is 17.1. The molecule has 0 saturated carbocycles. The molecule has 2 aromatic rings. The number of hydrogen-bond acceptors (Lipinski definition) is 8. The summed E-state index contributed by atoms with van der Waals surface area (Å²) in [6.07, 6.45) is 0. The molecule has 0 radical (unpaired) electrons. The van der Waals surface area contributed by atoms with Crippen LogP contribution in [0, 0.1) is 3.57 Å². The number of nitrogens with zero attached hydrogens (tertiary/aromatic N) is 2. The minimum Gasteiger partial charge on any atom is -0.452 e. The van der Waals surface area contributed by atoms with Gasteiger partial charge in [-0.05, 0) is 65.1 Å². The van der Waals surface area contributed by atoms with Crippen LogP contribution in [0.1, 0.15) is 10.4 Å². The number of morpholine rings is 2. The Balaban J connectivity index is 1.52.